The van der Waals surface area contributed by atoms with Gasteiger partial charge in [-0.25, -0.2) is 0 Å². The van der Waals surface area contributed by atoms with Crippen LogP contribution in [0.5, 0.6) is 0 Å². The highest BCUT2D eigenvalue weighted by Crippen LogP contribution is 2.24. The van der Waals surface area contributed by atoms with Crippen LogP contribution in [0.4, 0.5) is 0 Å². The van der Waals surface area contributed by atoms with Crippen LogP contribution in [0.25, 0.3) is 0 Å². The molecule has 0 bridgehead atoms. The van der Waals surface area contributed by atoms with Crippen LogP contribution in [0, 0.1) is 0 Å². The van der Waals surface area contributed by atoms with E-state index in [1.54, 1.807) is 11.3 Å². The normalized spacial score (nSPS) is 14.8. The summed E-state index contributed by atoms with van der Waals surface area (Å²) in [6.07, 6.45) is 1.12. The van der Waals surface area contributed by atoms with Crippen molar-refractivity contribution in [1.82, 2.24) is 5.32 Å². The van der Waals surface area contributed by atoms with Gasteiger partial charge in [0, 0.05) is 22.2 Å². The van der Waals surface area contributed by atoms with Gasteiger partial charge in [0.2, 0.25) is 6.10 Å². The van der Waals surface area contributed by atoms with E-state index < -0.39 is 6.10 Å². The van der Waals surface area contributed by atoms with Crippen LogP contribution in [0.15, 0.2) is 47.8 Å². The smallest absolute Gasteiger partial charge is 0.317 e. The molecule has 1 aliphatic carbocycles. The van der Waals surface area contributed by atoms with Crippen molar-refractivity contribution in [3.8, 4) is 0 Å². The number of esters is 1. The molecule has 0 spiro atoms. The predicted molar refractivity (Wildman–Crippen MR) is 96.9 cm³/mol. The average Bonchev–Trinajstić information content (AvgIpc) is 3.25. The summed E-state index contributed by atoms with van der Waals surface area (Å²) in [7, 11) is 0. The lowest BCUT2D eigenvalue weighted by atomic mass is 10.1. The number of benzene rings is 1. The van der Waals surface area contributed by atoms with Crippen molar-refractivity contribution in [3.63, 3.8) is 0 Å². The summed E-state index contributed by atoms with van der Waals surface area (Å²) in [6, 6.07) is 13.4. The molecule has 0 unspecified atom stereocenters. The van der Waals surface area contributed by atoms with Crippen LogP contribution in [-0.2, 0) is 20.1 Å². The number of thiophene rings is 1. The zero-order valence-corrected chi connectivity index (χ0v) is 14.8. The van der Waals surface area contributed by atoms with E-state index in [0.29, 0.717) is 5.56 Å². The maximum Gasteiger partial charge on any atom is 0.317 e. The minimum atomic E-state index is -0.873. The molecule has 1 heterocycles. The monoisotopic (exact) mass is 361 g/mol. The topological polar surface area (TPSA) is 55.4 Å². The predicted octanol–water partition coefficient (Wildman–Crippen LogP) is 3.54. The van der Waals surface area contributed by atoms with E-state index in [9.17, 15) is 9.59 Å². The Kier molecular flexibility index (Phi) is 5.93. The summed E-state index contributed by atoms with van der Waals surface area (Å²) < 4.78 is 5.48. The number of carbonyl (C=O) groups is 2. The van der Waals surface area contributed by atoms with Gasteiger partial charge < -0.3 is 10.1 Å². The molecule has 0 aliphatic heterocycles. The molecule has 0 saturated heterocycles. The Labute approximate surface area is 149 Å². The third-order valence-electron chi connectivity index (χ3n) is 3.56. The van der Waals surface area contributed by atoms with Crippen molar-refractivity contribution in [2.45, 2.75) is 30.7 Å². The number of hydrogen-bond donors (Lipinski definition) is 1. The van der Waals surface area contributed by atoms with E-state index in [2.05, 4.69) is 5.32 Å². The molecule has 126 valence electrons. The molecule has 1 atom stereocenters. The fourth-order valence-corrected chi connectivity index (χ4v) is 3.85. The van der Waals surface area contributed by atoms with E-state index >= 15 is 0 Å². The Bertz CT molecular complexity index is 669. The quantitative estimate of drug-likeness (QED) is 0.731. The highest BCUT2D eigenvalue weighted by atomic mass is 32.2. The molecule has 4 nitrogen and oxygen atoms in total. The van der Waals surface area contributed by atoms with Gasteiger partial charge in [-0.15, -0.1) is 23.1 Å². The average molecular weight is 361 g/mol. The maximum atomic E-state index is 12.4. The first-order valence-corrected chi connectivity index (χ1v) is 9.91. The molecule has 1 N–H and O–H groups in total. The minimum Gasteiger partial charge on any atom is -0.447 e. The second-order valence-corrected chi connectivity index (χ2v) is 7.65. The summed E-state index contributed by atoms with van der Waals surface area (Å²) in [5.41, 5.74) is 0.701. The number of carbonyl (C=O) groups excluding carboxylic acids is 2. The summed E-state index contributed by atoms with van der Waals surface area (Å²) in [4.78, 5) is 25.8. The van der Waals surface area contributed by atoms with Crippen molar-refractivity contribution < 1.29 is 14.3 Å². The van der Waals surface area contributed by atoms with Crippen LogP contribution in [0.1, 0.15) is 29.4 Å². The first-order chi connectivity index (χ1) is 11.7. The van der Waals surface area contributed by atoms with E-state index in [1.165, 1.54) is 16.6 Å². The van der Waals surface area contributed by atoms with Gasteiger partial charge in [-0.3, -0.25) is 9.59 Å². The molecular formula is C18H19NO3S2. The van der Waals surface area contributed by atoms with Crippen molar-refractivity contribution >= 4 is 35.0 Å². The van der Waals surface area contributed by atoms with Crippen molar-refractivity contribution in [2.24, 2.45) is 0 Å². The lowest BCUT2D eigenvalue weighted by molar-refractivity contribution is -0.154. The first-order valence-electron chi connectivity index (χ1n) is 7.87. The number of ether oxygens (including phenoxy) is 1. The second kappa shape index (κ2) is 8.35. The van der Waals surface area contributed by atoms with Crippen LogP contribution in [-0.4, -0.2) is 23.7 Å². The second-order valence-electron chi connectivity index (χ2n) is 5.64. The molecule has 3 rings (SSSR count). The number of rotatable bonds is 8. The standard InChI is InChI=1S/C18H19NO3S2/c20-16(12-23-11-15-7-4-10-24-15)22-17(13-5-2-1-3-6-13)18(21)19-14-8-9-14/h1-7,10,14,17H,8-9,11-12H2,(H,19,21)/t17-/m0/s1. The van der Waals surface area contributed by atoms with Crippen LogP contribution < -0.4 is 5.32 Å². The number of hydrogen-bond acceptors (Lipinski definition) is 5. The number of amides is 1. The molecular weight excluding hydrogens is 342 g/mol. The Balaban J connectivity index is 1.56. The van der Waals surface area contributed by atoms with Crippen molar-refractivity contribution in [3.05, 3.63) is 58.3 Å². The van der Waals surface area contributed by atoms with E-state index in [-0.39, 0.29) is 23.7 Å². The van der Waals surface area contributed by atoms with Gasteiger partial charge in [0.1, 0.15) is 0 Å². The van der Waals surface area contributed by atoms with E-state index in [0.717, 1.165) is 18.6 Å². The molecule has 1 saturated carbocycles. The van der Waals surface area contributed by atoms with Crippen LogP contribution in [0.3, 0.4) is 0 Å². The van der Waals surface area contributed by atoms with Gasteiger partial charge in [-0.1, -0.05) is 36.4 Å². The summed E-state index contributed by atoms with van der Waals surface area (Å²) in [6.45, 7) is 0. The van der Waals surface area contributed by atoms with E-state index in [4.69, 9.17) is 4.74 Å². The van der Waals surface area contributed by atoms with Crippen LogP contribution in [0.2, 0.25) is 0 Å². The molecule has 0 radical (unpaired) electrons. The van der Waals surface area contributed by atoms with Gasteiger partial charge in [-0.05, 0) is 24.3 Å². The highest BCUT2D eigenvalue weighted by molar-refractivity contribution is 7.99. The van der Waals surface area contributed by atoms with Gasteiger partial charge in [-0.2, -0.15) is 0 Å². The zero-order valence-electron chi connectivity index (χ0n) is 13.1. The van der Waals surface area contributed by atoms with Gasteiger partial charge in [0.15, 0.2) is 0 Å². The molecule has 1 aliphatic rings. The lowest BCUT2D eigenvalue weighted by Gasteiger charge is -2.18. The maximum absolute atomic E-state index is 12.4. The number of thioether (sulfide) groups is 1. The van der Waals surface area contributed by atoms with Gasteiger partial charge in [0.25, 0.3) is 5.91 Å². The minimum absolute atomic E-state index is 0.232. The Morgan fingerprint density at radius 2 is 2.00 bits per heavy atom. The molecule has 1 amide bonds. The third kappa shape index (κ3) is 5.11. The molecule has 6 heteroatoms. The lowest BCUT2D eigenvalue weighted by Crippen LogP contribution is -2.33. The Morgan fingerprint density at radius 3 is 2.67 bits per heavy atom. The SMILES string of the molecule is O=C(CSCc1cccs1)O[C@H](C(=O)NC1CC1)c1ccccc1. The highest BCUT2D eigenvalue weighted by Gasteiger charge is 2.30. The fraction of sp³-hybridized carbons (Fsp3) is 0.333. The zero-order chi connectivity index (χ0) is 16.8. The molecule has 24 heavy (non-hydrogen) atoms. The van der Waals surface area contributed by atoms with Gasteiger partial charge in [0.05, 0.1) is 5.75 Å². The summed E-state index contributed by atoms with van der Waals surface area (Å²) in [5, 5.41) is 4.93. The number of nitrogens with one attached hydrogen (secondary N) is 1. The molecule has 1 fully saturated rings. The third-order valence-corrected chi connectivity index (χ3v) is 5.57. The largest absolute Gasteiger partial charge is 0.447 e. The van der Waals surface area contributed by atoms with Crippen LogP contribution >= 0.6 is 23.1 Å². The van der Waals surface area contributed by atoms with Gasteiger partial charge >= 0.3 is 5.97 Å². The summed E-state index contributed by atoms with van der Waals surface area (Å²) in [5.74, 6) is 0.409. The van der Waals surface area contributed by atoms with E-state index in [1.807, 2.05) is 47.8 Å². The molecule has 1 aromatic carbocycles. The Morgan fingerprint density at radius 1 is 1.21 bits per heavy atom. The Hall–Kier alpha value is -1.79. The summed E-state index contributed by atoms with van der Waals surface area (Å²) >= 11 is 3.17. The van der Waals surface area contributed by atoms with Crippen molar-refractivity contribution in [2.75, 3.05) is 5.75 Å². The van der Waals surface area contributed by atoms with Crippen molar-refractivity contribution in [1.29, 1.82) is 0 Å². The molecule has 1 aromatic heterocycles. The fourth-order valence-electron chi connectivity index (χ4n) is 2.20. The molecule has 2 aromatic rings. The first kappa shape index (κ1) is 17.0.